The van der Waals surface area contributed by atoms with Crippen molar-refractivity contribution in [3.63, 3.8) is 0 Å². The van der Waals surface area contributed by atoms with Crippen molar-refractivity contribution in [1.29, 1.82) is 0 Å². The molecule has 0 radical (unpaired) electrons. The molecule has 19 heavy (non-hydrogen) atoms. The Morgan fingerprint density at radius 3 is 2.42 bits per heavy atom. The molecule has 0 fully saturated rings. The van der Waals surface area contributed by atoms with Crippen LogP contribution >= 0.6 is 0 Å². The van der Waals surface area contributed by atoms with Crippen LogP contribution in [0.15, 0.2) is 54.6 Å². The minimum atomic E-state index is -0.323. The summed E-state index contributed by atoms with van der Waals surface area (Å²) >= 11 is 0. The lowest BCUT2D eigenvalue weighted by Gasteiger charge is -2.17. The molecule has 0 saturated carbocycles. The van der Waals surface area contributed by atoms with Crippen molar-refractivity contribution in [3.8, 4) is 0 Å². The van der Waals surface area contributed by atoms with Crippen molar-refractivity contribution < 1.29 is 9.59 Å². The molecule has 0 aliphatic heterocycles. The fourth-order valence-electron chi connectivity index (χ4n) is 3.03. The number of hydrogen-bond acceptors (Lipinski definition) is 2. The van der Waals surface area contributed by atoms with Gasteiger partial charge in [-0.25, -0.2) is 0 Å². The highest BCUT2D eigenvalue weighted by atomic mass is 16.2. The van der Waals surface area contributed by atoms with Gasteiger partial charge in [-0.15, -0.1) is 0 Å². The maximum Gasteiger partial charge on any atom is 0.203 e. The van der Waals surface area contributed by atoms with E-state index in [1.807, 2.05) is 54.6 Å². The third-order valence-electron chi connectivity index (χ3n) is 3.88. The normalized spacial score (nSPS) is 20.8. The van der Waals surface area contributed by atoms with Crippen LogP contribution in [0.4, 0.5) is 0 Å². The van der Waals surface area contributed by atoms with Crippen LogP contribution in [0.25, 0.3) is 0 Å². The minimum Gasteiger partial charge on any atom is -0.295 e. The van der Waals surface area contributed by atoms with E-state index in [-0.39, 0.29) is 17.6 Å². The fraction of sp³-hybridized carbons (Fsp3) is 0.176. The summed E-state index contributed by atoms with van der Waals surface area (Å²) in [7, 11) is 0. The van der Waals surface area contributed by atoms with Gasteiger partial charge in [-0.1, -0.05) is 54.6 Å². The summed E-state index contributed by atoms with van der Waals surface area (Å²) in [5.41, 5.74) is 3.31. The zero-order chi connectivity index (χ0) is 13.2. The first kappa shape index (κ1) is 11.8. The molecule has 0 bridgehead atoms. The third kappa shape index (κ3) is 1.99. The maximum absolute atomic E-state index is 12.0. The topological polar surface area (TPSA) is 34.1 Å². The molecule has 2 aromatic rings. The number of carbonyl (C=O) groups excluding carboxylic acids is 2. The summed E-state index contributed by atoms with van der Waals surface area (Å²) in [5, 5.41) is 0. The monoisotopic (exact) mass is 250 g/mol. The molecule has 2 nitrogen and oxygen atoms in total. The van der Waals surface area contributed by atoms with Crippen LogP contribution < -0.4 is 0 Å². The summed E-state index contributed by atoms with van der Waals surface area (Å²) in [4.78, 5) is 22.9. The van der Waals surface area contributed by atoms with E-state index in [1.54, 1.807) is 0 Å². The molecule has 0 aromatic heterocycles. The molecule has 0 N–H and O–H groups in total. The Bertz CT molecular complexity index is 616. The van der Waals surface area contributed by atoms with Gasteiger partial charge in [0, 0.05) is 5.92 Å². The van der Waals surface area contributed by atoms with Crippen LogP contribution in [-0.2, 0) is 16.0 Å². The van der Waals surface area contributed by atoms with Crippen molar-refractivity contribution in [2.75, 3.05) is 0 Å². The Morgan fingerprint density at radius 2 is 1.68 bits per heavy atom. The molecule has 2 unspecified atom stereocenters. The summed E-state index contributed by atoms with van der Waals surface area (Å²) in [6, 6.07) is 17.9. The third-order valence-corrected chi connectivity index (χ3v) is 3.88. The smallest absolute Gasteiger partial charge is 0.203 e. The van der Waals surface area contributed by atoms with Gasteiger partial charge in [-0.2, -0.15) is 0 Å². The van der Waals surface area contributed by atoms with Crippen LogP contribution in [0.3, 0.4) is 0 Å². The molecular formula is C17H14O2. The predicted octanol–water partition coefficient (Wildman–Crippen LogP) is 2.88. The predicted molar refractivity (Wildman–Crippen MR) is 73.1 cm³/mol. The highest BCUT2D eigenvalue weighted by Gasteiger charge is 2.37. The highest BCUT2D eigenvalue weighted by Crippen LogP contribution is 2.44. The Balaban J connectivity index is 2.07. The molecule has 3 rings (SSSR count). The molecule has 1 aliphatic carbocycles. The van der Waals surface area contributed by atoms with E-state index in [0.717, 1.165) is 17.5 Å². The lowest BCUT2D eigenvalue weighted by Crippen LogP contribution is -2.17. The number of ketones is 1. The number of aldehydes is 1. The molecule has 2 atom stereocenters. The Hall–Kier alpha value is -2.22. The molecule has 0 amide bonds. The highest BCUT2D eigenvalue weighted by molar-refractivity contribution is 6.28. The van der Waals surface area contributed by atoms with Gasteiger partial charge in [0.05, 0.1) is 5.92 Å². The first-order valence-corrected chi connectivity index (χ1v) is 6.43. The quantitative estimate of drug-likeness (QED) is 0.620. The van der Waals surface area contributed by atoms with Crippen molar-refractivity contribution in [2.45, 2.75) is 18.3 Å². The van der Waals surface area contributed by atoms with Crippen LogP contribution in [0.2, 0.25) is 0 Å². The Labute approximate surface area is 112 Å². The molecule has 94 valence electrons. The zero-order valence-electron chi connectivity index (χ0n) is 10.5. The number of hydrogen-bond donors (Lipinski definition) is 0. The average Bonchev–Trinajstić information content (AvgIpc) is 2.87. The van der Waals surface area contributed by atoms with E-state index in [0.29, 0.717) is 6.29 Å². The second-order valence-electron chi connectivity index (χ2n) is 4.92. The summed E-state index contributed by atoms with van der Waals surface area (Å²) in [6.07, 6.45) is 1.28. The second kappa shape index (κ2) is 4.81. The van der Waals surface area contributed by atoms with E-state index in [2.05, 4.69) is 0 Å². The van der Waals surface area contributed by atoms with E-state index in [9.17, 15) is 9.59 Å². The number of fused-ring (bicyclic) bond motifs is 1. The molecule has 2 aromatic carbocycles. The average molecular weight is 250 g/mol. The van der Waals surface area contributed by atoms with Gasteiger partial charge in [0.25, 0.3) is 0 Å². The van der Waals surface area contributed by atoms with Crippen LogP contribution in [0.1, 0.15) is 28.5 Å². The maximum atomic E-state index is 12.0. The van der Waals surface area contributed by atoms with Gasteiger partial charge >= 0.3 is 0 Å². The van der Waals surface area contributed by atoms with Gasteiger partial charge < -0.3 is 0 Å². The van der Waals surface area contributed by atoms with Gasteiger partial charge in [0.15, 0.2) is 6.29 Å². The largest absolute Gasteiger partial charge is 0.295 e. The van der Waals surface area contributed by atoms with Crippen molar-refractivity contribution in [2.24, 2.45) is 0 Å². The second-order valence-corrected chi connectivity index (χ2v) is 4.92. The molecule has 0 saturated heterocycles. The van der Waals surface area contributed by atoms with Crippen LogP contribution in [-0.4, -0.2) is 12.1 Å². The summed E-state index contributed by atoms with van der Waals surface area (Å²) in [6.45, 7) is 0. The van der Waals surface area contributed by atoms with Crippen molar-refractivity contribution in [1.82, 2.24) is 0 Å². The van der Waals surface area contributed by atoms with Gasteiger partial charge in [0.2, 0.25) is 5.78 Å². The SMILES string of the molecule is O=CC(=O)C1c2ccccc2CC1c1ccccc1. The molecule has 0 heterocycles. The van der Waals surface area contributed by atoms with E-state index < -0.39 is 0 Å². The zero-order valence-corrected chi connectivity index (χ0v) is 10.5. The summed E-state index contributed by atoms with van der Waals surface area (Å²) in [5.74, 6) is -0.564. The van der Waals surface area contributed by atoms with Crippen LogP contribution in [0, 0.1) is 0 Å². The minimum absolute atomic E-state index is 0.0799. The van der Waals surface area contributed by atoms with Crippen molar-refractivity contribution >= 4 is 12.1 Å². The molecule has 2 heteroatoms. The van der Waals surface area contributed by atoms with Gasteiger partial charge in [-0.3, -0.25) is 9.59 Å². The molecular weight excluding hydrogens is 236 g/mol. The van der Waals surface area contributed by atoms with Gasteiger partial charge in [0.1, 0.15) is 0 Å². The Kier molecular flexibility index (Phi) is 3.00. The number of Topliss-reactive ketones (excluding diaryl/α,β-unsaturated/α-hetero) is 1. The number of benzene rings is 2. The van der Waals surface area contributed by atoms with E-state index in [4.69, 9.17) is 0 Å². The van der Waals surface area contributed by atoms with E-state index in [1.165, 1.54) is 5.56 Å². The number of rotatable bonds is 3. The Morgan fingerprint density at radius 1 is 1.00 bits per heavy atom. The van der Waals surface area contributed by atoms with Gasteiger partial charge in [-0.05, 0) is 23.1 Å². The first-order valence-electron chi connectivity index (χ1n) is 6.43. The standard InChI is InChI=1S/C17H14O2/c18-11-16(19)17-14-9-5-4-8-13(14)10-15(17)12-6-2-1-3-7-12/h1-9,11,15,17H,10H2. The summed E-state index contributed by atoms with van der Waals surface area (Å²) < 4.78 is 0. The van der Waals surface area contributed by atoms with E-state index >= 15 is 0 Å². The molecule has 1 aliphatic rings. The lowest BCUT2D eigenvalue weighted by molar-refractivity contribution is -0.131. The lowest BCUT2D eigenvalue weighted by atomic mass is 9.84. The van der Waals surface area contributed by atoms with Crippen molar-refractivity contribution in [3.05, 3.63) is 71.3 Å². The first-order chi connectivity index (χ1) is 9.31. The molecule has 0 spiro atoms. The fourth-order valence-corrected chi connectivity index (χ4v) is 3.03. The van der Waals surface area contributed by atoms with Crippen LogP contribution in [0.5, 0.6) is 0 Å². The number of carbonyl (C=O) groups is 2.